The van der Waals surface area contributed by atoms with Crippen LogP contribution in [0.1, 0.15) is 6.92 Å². The molecule has 0 aromatic carbocycles. The molecule has 0 spiro atoms. The summed E-state index contributed by atoms with van der Waals surface area (Å²) in [5, 5.41) is 10.9. The Labute approximate surface area is 126 Å². The first-order valence-corrected chi connectivity index (χ1v) is 6.47. The Kier molecular flexibility index (Phi) is 5.56. The molecule has 0 aromatic rings. The van der Waals surface area contributed by atoms with Crippen LogP contribution in [0.4, 0.5) is 0 Å². The van der Waals surface area contributed by atoms with E-state index >= 15 is 0 Å². The highest BCUT2D eigenvalue weighted by atomic mass is 35.5. The van der Waals surface area contributed by atoms with Crippen molar-refractivity contribution in [2.45, 2.75) is 18.0 Å². The van der Waals surface area contributed by atoms with Gasteiger partial charge < -0.3 is 14.2 Å². The lowest BCUT2D eigenvalue weighted by atomic mass is 9.88. The number of nitrogens with two attached hydrogens (primary N) is 1. The Morgan fingerprint density at radius 1 is 1.57 bits per heavy atom. The van der Waals surface area contributed by atoms with Crippen molar-refractivity contribution in [1.82, 2.24) is 0 Å². The number of hydrogen-bond acceptors (Lipinski definition) is 7. The maximum atomic E-state index is 11.7. The molecule has 0 bridgehead atoms. The Hall–Kier alpha value is -1.80. The number of ether oxygens (including phenoxy) is 3. The molecule has 1 aliphatic rings. The van der Waals surface area contributed by atoms with Gasteiger partial charge in [-0.25, -0.2) is 0 Å². The van der Waals surface area contributed by atoms with Crippen LogP contribution in [0.5, 0.6) is 0 Å². The van der Waals surface area contributed by atoms with E-state index in [0.29, 0.717) is 0 Å². The van der Waals surface area contributed by atoms with Gasteiger partial charge in [-0.3, -0.25) is 20.6 Å². The number of nitro groups is 1. The zero-order chi connectivity index (χ0) is 16.2. The van der Waals surface area contributed by atoms with E-state index in [1.54, 1.807) is 6.92 Å². The van der Waals surface area contributed by atoms with Gasteiger partial charge in [-0.1, -0.05) is 0 Å². The molecule has 0 radical (unpaired) electrons. The molecule has 9 heteroatoms. The molecule has 118 valence electrons. The van der Waals surface area contributed by atoms with E-state index in [1.165, 1.54) is 13.2 Å². The van der Waals surface area contributed by atoms with E-state index in [4.69, 9.17) is 26.8 Å². The third-order valence-corrected chi connectivity index (χ3v) is 3.01. The molecule has 0 aliphatic heterocycles. The minimum atomic E-state index is -2.18. The van der Waals surface area contributed by atoms with Crippen molar-refractivity contribution < 1.29 is 23.9 Å². The van der Waals surface area contributed by atoms with E-state index in [1.807, 2.05) is 0 Å². The van der Waals surface area contributed by atoms with Crippen LogP contribution in [0.2, 0.25) is 0 Å². The highest BCUT2D eigenvalue weighted by Gasteiger charge is 2.52. The molecular formula is C12H17ClN2O6. The van der Waals surface area contributed by atoms with Crippen molar-refractivity contribution in [3.05, 3.63) is 33.8 Å². The summed E-state index contributed by atoms with van der Waals surface area (Å²) in [6.07, 6.45) is 2.25. The molecular weight excluding hydrogens is 304 g/mol. The van der Waals surface area contributed by atoms with Crippen LogP contribution in [0.25, 0.3) is 0 Å². The maximum absolute atomic E-state index is 11.7. The molecule has 0 amide bonds. The van der Waals surface area contributed by atoms with E-state index in [-0.39, 0.29) is 23.5 Å². The Bertz CT molecular complexity index is 490. The van der Waals surface area contributed by atoms with Gasteiger partial charge in [0.15, 0.2) is 17.4 Å². The van der Waals surface area contributed by atoms with Crippen molar-refractivity contribution in [2.24, 2.45) is 11.7 Å². The quantitative estimate of drug-likeness (QED) is 0.253. The molecule has 3 unspecified atom stereocenters. The Morgan fingerprint density at radius 3 is 2.62 bits per heavy atom. The summed E-state index contributed by atoms with van der Waals surface area (Å²) in [5.41, 5.74) is 3.57. The van der Waals surface area contributed by atoms with Crippen LogP contribution in [0.15, 0.2) is 23.7 Å². The monoisotopic (exact) mass is 320 g/mol. The summed E-state index contributed by atoms with van der Waals surface area (Å²) in [6.45, 7) is 1.80. The minimum Gasteiger partial charge on any atom is -0.493 e. The molecule has 2 N–H and O–H groups in total. The lowest BCUT2D eigenvalue weighted by molar-refractivity contribution is -0.560. The molecule has 0 aromatic heterocycles. The average molecular weight is 321 g/mol. The van der Waals surface area contributed by atoms with Crippen LogP contribution in [0, 0.1) is 16.0 Å². The summed E-state index contributed by atoms with van der Waals surface area (Å²) >= 11 is 5.77. The van der Waals surface area contributed by atoms with Crippen LogP contribution in [0.3, 0.4) is 0 Å². The van der Waals surface area contributed by atoms with Crippen LogP contribution >= 0.6 is 11.6 Å². The van der Waals surface area contributed by atoms with Gasteiger partial charge >= 0.3 is 11.6 Å². The summed E-state index contributed by atoms with van der Waals surface area (Å²) in [5.74, 6) is -1.95. The predicted octanol–water partition coefficient (Wildman–Crippen LogP) is 0.779. The zero-order valence-corrected chi connectivity index (χ0v) is 12.6. The second-order valence-corrected chi connectivity index (χ2v) is 5.23. The smallest absolute Gasteiger partial charge is 0.322 e. The van der Waals surface area contributed by atoms with Crippen molar-refractivity contribution in [3.63, 3.8) is 0 Å². The van der Waals surface area contributed by atoms with Gasteiger partial charge in [0.2, 0.25) is 0 Å². The number of hydrogen-bond donors (Lipinski definition) is 1. The molecule has 1 aliphatic carbocycles. The van der Waals surface area contributed by atoms with Crippen LogP contribution in [-0.2, 0) is 19.0 Å². The van der Waals surface area contributed by atoms with E-state index in [9.17, 15) is 14.9 Å². The first kappa shape index (κ1) is 17.3. The summed E-state index contributed by atoms with van der Waals surface area (Å²) in [4.78, 5) is 22.2. The SMILES string of the molecule is COC(=O)C1C=C(OC)C(OCC(C)Cl)=CC1(N)[N+](=O)[O-]. The largest absolute Gasteiger partial charge is 0.493 e. The normalized spacial score (nSPS) is 26.2. The van der Waals surface area contributed by atoms with Gasteiger partial charge in [0, 0.05) is 4.92 Å². The average Bonchev–Trinajstić information content (AvgIpc) is 2.44. The fourth-order valence-electron chi connectivity index (χ4n) is 1.77. The van der Waals surface area contributed by atoms with Gasteiger partial charge in [-0.05, 0) is 13.0 Å². The van der Waals surface area contributed by atoms with E-state index < -0.39 is 22.5 Å². The van der Waals surface area contributed by atoms with Crippen LogP contribution in [-0.4, -0.2) is 42.8 Å². The fraction of sp³-hybridized carbons (Fsp3) is 0.583. The first-order chi connectivity index (χ1) is 9.76. The molecule has 0 saturated heterocycles. The number of carbonyl (C=O) groups is 1. The molecule has 0 saturated carbocycles. The first-order valence-electron chi connectivity index (χ1n) is 6.03. The van der Waals surface area contributed by atoms with Gasteiger partial charge in [0.1, 0.15) is 6.61 Å². The number of esters is 1. The molecule has 1 rings (SSSR count). The molecule has 21 heavy (non-hydrogen) atoms. The molecule has 0 fully saturated rings. The van der Waals surface area contributed by atoms with Crippen molar-refractivity contribution in [3.8, 4) is 0 Å². The van der Waals surface area contributed by atoms with E-state index in [2.05, 4.69) is 4.74 Å². The van der Waals surface area contributed by atoms with Gasteiger partial charge in [-0.15, -0.1) is 11.6 Å². The number of methoxy groups -OCH3 is 2. The molecule has 0 heterocycles. The second-order valence-electron chi connectivity index (χ2n) is 4.48. The number of carbonyl (C=O) groups excluding carboxylic acids is 1. The van der Waals surface area contributed by atoms with Crippen molar-refractivity contribution in [2.75, 3.05) is 20.8 Å². The topological polar surface area (TPSA) is 114 Å². The zero-order valence-electron chi connectivity index (χ0n) is 11.9. The standard InChI is InChI=1S/C12H17ClN2O6/c1-7(13)6-21-10-5-12(14,15(17)18)8(11(16)20-3)4-9(10)19-2/h4-5,7-8H,6,14H2,1-3H3. The Balaban J connectivity index is 3.21. The molecule has 3 atom stereocenters. The van der Waals surface area contributed by atoms with Crippen molar-refractivity contribution >= 4 is 17.6 Å². The Morgan fingerprint density at radius 2 is 2.19 bits per heavy atom. The number of nitrogens with zero attached hydrogens (tertiary/aromatic N) is 1. The number of alkyl halides is 1. The number of halogens is 1. The van der Waals surface area contributed by atoms with E-state index in [0.717, 1.165) is 13.2 Å². The maximum Gasteiger partial charge on any atom is 0.322 e. The predicted molar refractivity (Wildman–Crippen MR) is 73.9 cm³/mol. The summed E-state index contributed by atoms with van der Waals surface area (Å²) in [7, 11) is 2.46. The summed E-state index contributed by atoms with van der Waals surface area (Å²) < 4.78 is 15.0. The van der Waals surface area contributed by atoms with Gasteiger partial charge in [0.25, 0.3) is 0 Å². The summed E-state index contributed by atoms with van der Waals surface area (Å²) in [6, 6.07) is 0. The molecule has 8 nitrogen and oxygen atoms in total. The lowest BCUT2D eigenvalue weighted by Crippen LogP contribution is -2.56. The van der Waals surface area contributed by atoms with Crippen LogP contribution < -0.4 is 5.73 Å². The third kappa shape index (κ3) is 3.64. The van der Waals surface area contributed by atoms with Gasteiger partial charge in [0.05, 0.1) is 25.7 Å². The highest BCUT2D eigenvalue weighted by Crippen LogP contribution is 2.32. The number of rotatable bonds is 6. The second kappa shape index (κ2) is 6.77. The van der Waals surface area contributed by atoms with Gasteiger partial charge in [-0.2, -0.15) is 0 Å². The fourth-order valence-corrected chi connectivity index (χ4v) is 1.84. The van der Waals surface area contributed by atoms with Crippen molar-refractivity contribution in [1.29, 1.82) is 0 Å². The highest BCUT2D eigenvalue weighted by molar-refractivity contribution is 6.20. The minimum absolute atomic E-state index is 0.0596. The third-order valence-electron chi connectivity index (χ3n) is 2.88. The lowest BCUT2D eigenvalue weighted by Gasteiger charge is -2.28.